The second-order valence-electron chi connectivity index (χ2n) is 4.47. The summed E-state index contributed by atoms with van der Waals surface area (Å²) in [7, 11) is 0. The highest BCUT2D eigenvalue weighted by molar-refractivity contribution is 4.69. The van der Waals surface area contributed by atoms with Gasteiger partial charge in [0.1, 0.15) is 0 Å². The van der Waals surface area contributed by atoms with Gasteiger partial charge in [-0.05, 0) is 26.7 Å². The Morgan fingerprint density at radius 2 is 1.83 bits per heavy atom. The average molecular weight is 173 g/mol. The van der Waals surface area contributed by atoms with Gasteiger partial charge in [0.2, 0.25) is 0 Å². The van der Waals surface area contributed by atoms with E-state index in [1.54, 1.807) is 0 Å². The van der Waals surface area contributed by atoms with Crippen molar-refractivity contribution in [1.29, 1.82) is 0 Å². The molecule has 12 heavy (non-hydrogen) atoms. The van der Waals surface area contributed by atoms with E-state index in [0.717, 1.165) is 6.42 Å². The summed E-state index contributed by atoms with van der Waals surface area (Å²) in [6.45, 7) is 11.1. The lowest BCUT2D eigenvalue weighted by Gasteiger charge is -2.25. The topological polar surface area (TPSA) is 35.2 Å². The maximum Gasteiger partial charge on any atom is 0.0627 e. The van der Waals surface area contributed by atoms with Gasteiger partial charge in [0.05, 0.1) is 12.2 Å². The fraction of sp³-hybridized carbons (Fsp3) is 1.00. The van der Waals surface area contributed by atoms with Crippen LogP contribution in [0.5, 0.6) is 0 Å². The van der Waals surface area contributed by atoms with E-state index in [1.165, 1.54) is 0 Å². The van der Waals surface area contributed by atoms with E-state index in [2.05, 4.69) is 34.6 Å². The van der Waals surface area contributed by atoms with Crippen molar-refractivity contribution in [3.8, 4) is 0 Å². The molecule has 0 aliphatic carbocycles. The molecule has 0 fully saturated rings. The van der Waals surface area contributed by atoms with E-state index in [0.29, 0.717) is 12.5 Å². The number of nitrogens with two attached hydrogens (primary N) is 1. The van der Waals surface area contributed by atoms with Crippen molar-refractivity contribution < 1.29 is 4.74 Å². The first-order valence-corrected chi connectivity index (χ1v) is 4.76. The van der Waals surface area contributed by atoms with Gasteiger partial charge in [0.25, 0.3) is 0 Å². The van der Waals surface area contributed by atoms with Gasteiger partial charge < -0.3 is 10.5 Å². The molecule has 0 aromatic carbocycles. The zero-order valence-electron chi connectivity index (χ0n) is 9.05. The van der Waals surface area contributed by atoms with Crippen LogP contribution in [0, 0.1) is 5.92 Å². The van der Waals surface area contributed by atoms with Crippen molar-refractivity contribution in [2.75, 3.05) is 6.61 Å². The molecule has 2 atom stereocenters. The average Bonchev–Trinajstić information content (AvgIpc) is 1.97. The lowest BCUT2D eigenvalue weighted by atomic mass is 10.0. The highest BCUT2D eigenvalue weighted by Crippen LogP contribution is 2.11. The Morgan fingerprint density at radius 1 is 1.33 bits per heavy atom. The molecule has 2 N–H and O–H groups in total. The molecule has 2 heteroatoms. The molecule has 0 saturated carbocycles. The molecule has 0 spiro atoms. The fourth-order valence-electron chi connectivity index (χ4n) is 0.813. The molecule has 0 heterocycles. The van der Waals surface area contributed by atoms with E-state index in [4.69, 9.17) is 10.5 Å². The SMILES string of the molecule is CCC(C)C(N)COC(C)(C)C. The van der Waals surface area contributed by atoms with Crippen molar-refractivity contribution in [1.82, 2.24) is 0 Å². The standard InChI is InChI=1S/C10H23NO/c1-6-8(2)9(11)7-12-10(3,4)5/h8-9H,6-7,11H2,1-5H3. The van der Waals surface area contributed by atoms with Crippen LogP contribution in [0.4, 0.5) is 0 Å². The summed E-state index contributed by atoms with van der Waals surface area (Å²) in [6, 6.07) is 0.175. The molecule has 0 aliphatic rings. The maximum atomic E-state index is 5.91. The van der Waals surface area contributed by atoms with Gasteiger partial charge in [-0.3, -0.25) is 0 Å². The maximum absolute atomic E-state index is 5.91. The molecular weight excluding hydrogens is 150 g/mol. The zero-order valence-corrected chi connectivity index (χ0v) is 9.05. The van der Waals surface area contributed by atoms with Crippen LogP contribution in [-0.4, -0.2) is 18.2 Å². The zero-order chi connectivity index (χ0) is 9.78. The van der Waals surface area contributed by atoms with Gasteiger partial charge in [0.15, 0.2) is 0 Å². The highest BCUT2D eigenvalue weighted by atomic mass is 16.5. The second kappa shape index (κ2) is 4.83. The van der Waals surface area contributed by atoms with E-state index in [-0.39, 0.29) is 11.6 Å². The van der Waals surface area contributed by atoms with Crippen LogP contribution in [0.15, 0.2) is 0 Å². The summed E-state index contributed by atoms with van der Waals surface area (Å²) >= 11 is 0. The Balaban J connectivity index is 3.64. The van der Waals surface area contributed by atoms with Crippen molar-refractivity contribution in [2.45, 2.75) is 52.7 Å². The third-order valence-electron chi connectivity index (χ3n) is 2.08. The van der Waals surface area contributed by atoms with E-state index in [1.807, 2.05) is 0 Å². The third kappa shape index (κ3) is 5.56. The predicted octanol–water partition coefficient (Wildman–Crippen LogP) is 2.17. The summed E-state index contributed by atoms with van der Waals surface area (Å²) in [5.41, 5.74) is 5.85. The predicted molar refractivity (Wildman–Crippen MR) is 53.1 cm³/mol. The van der Waals surface area contributed by atoms with Gasteiger partial charge in [0, 0.05) is 6.04 Å². The van der Waals surface area contributed by atoms with Gasteiger partial charge in [-0.1, -0.05) is 20.3 Å². The summed E-state index contributed by atoms with van der Waals surface area (Å²) in [4.78, 5) is 0. The first-order chi connectivity index (χ1) is 5.37. The van der Waals surface area contributed by atoms with Gasteiger partial charge in [-0.2, -0.15) is 0 Å². The van der Waals surface area contributed by atoms with Crippen molar-refractivity contribution in [2.24, 2.45) is 11.7 Å². The summed E-state index contributed by atoms with van der Waals surface area (Å²) in [5, 5.41) is 0. The Bertz CT molecular complexity index is 117. The first-order valence-electron chi connectivity index (χ1n) is 4.76. The lowest BCUT2D eigenvalue weighted by molar-refractivity contribution is -0.0159. The van der Waals surface area contributed by atoms with Gasteiger partial charge in [-0.25, -0.2) is 0 Å². The van der Waals surface area contributed by atoms with Crippen LogP contribution in [0.2, 0.25) is 0 Å². The minimum atomic E-state index is -0.0644. The monoisotopic (exact) mass is 173 g/mol. The van der Waals surface area contributed by atoms with Crippen molar-refractivity contribution in [3.05, 3.63) is 0 Å². The van der Waals surface area contributed by atoms with Gasteiger partial charge >= 0.3 is 0 Å². The molecule has 0 amide bonds. The van der Waals surface area contributed by atoms with Crippen molar-refractivity contribution >= 4 is 0 Å². The fourth-order valence-corrected chi connectivity index (χ4v) is 0.813. The van der Waals surface area contributed by atoms with Crippen LogP contribution in [-0.2, 0) is 4.74 Å². The van der Waals surface area contributed by atoms with E-state index in [9.17, 15) is 0 Å². The molecule has 0 radical (unpaired) electrons. The first kappa shape index (κ1) is 11.9. The summed E-state index contributed by atoms with van der Waals surface area (Å²) in [5.74, 6) is 0.548. The molecule has 2 nitrogen and oxygen atoms in total. The molecular formula is C10H23NO. The molecule has 74 valence electrons. The van der Waals surface area contributed by atoms with Crippen LogP contribution >= 0.6 is 0 Å². The van der Waals surface area contributed by atoms with E-state index >= 15 is 0 Å². The number of ether oxygens (including phenoxy) is 1. The minimum Gasteiger partial charge on any atom is -0.374 e. The van der Waals surface area contributed by atoms with E-state index < -0.39 is 0 Å². The molecule has 2 unspecified atom stereocenters. The normalized spacial score (nSPS) is 17.5. The Labute approximate surface area is 76.5 Å². The molecule has 0 bridgehead atoms. The lowest BCUT2D eigenvalue weighted by Crippen LogP contribution is -2.36. The molecule has 0 aromatic heterocycles. The summed E-state index contributed by atoms with van der Waals surface area (Å²) in [6.07, 6.45) is 1.12. The smallest absolute Gasteiger partial charge is 0.0627 e. The number of hydrogen-bond donors (Lipinski definition) is 1. The molecule has 0 saturated heterocycles. The Kier molecular flexibility index (Phi) is 4.80. The van der Waals surface area contributed by atoms with Crippen molar-refractivity contribution in [3.63, 3.8) is 0 Å². The van der Waals surface area contributed by atoms with Gasteiger partial charge in [-0.15, -0.1) is 0 Å². The third-order valence-corrected chi connectivity index (χ3v) is 2.08. The Hall–Kier alpha value is -0.0800. The number of hydrogen-bond acceptors (Lipinski definition) is 2. The molecule has 0 rings (SSSR count). The van der Waals surface area contributed by atoms with Crippen LogP contribution in [0.25, 0.3) is 0 Å². The molecule has 0 aliphatic heterocycles. The largest absolute Gasteiger partial charge is 0.374 e. The Morgan fingerprint density at radius 3 is 2.17 bits per heavy atom. The highest BCUT2D eigenvalue weighted by Gasteiger charge is 2.15. The molecule has 0 aromatic rings. The summed E-state index contributed by atoms with van der Waals surface area (Å²) < 4.78 is 5.59. The van der Waals surface area contributed by atoms with Crippen LogP contribution in [0.3, 0.4) is 0 Å². The van der Waals surface area contributed by atoms with Crippen LogP contribution < -0.4 is 5.73 Å². The van der Waals surface area contributed by atoms with Crippen LogP contribution in [0.1, 0.15) is 41.0 Å². The number of rotatable bonds is 4. The quantitative estimate of drug-likeness (QED) is 0.707. The second-order valence-corrected chi connectivity index (χ2v) is 4.47. The minimum absolute atomic E-state index is 0.0644.